The van der Waals surface area contributed by atoms with E-state index in [1.165, 1.54) is 36.4 Å². The smallest absolute Gasteiger partial charge is 0.147 e. The largest absolute Gasteiger partial charge is 0.147 e. The van der Waals surface area contributed by atoms with Crippen molar-refractivity contribution in [1.29, 1.82) is 0 Å². The van der Waals surface area contributed by atoms with Crippen molar-refractivity contribution in [3.8, 4) is 0 Å². The number of hydrogen-bond donors (Lipinski definition) is 0. The van der Waals surface area contributed by atoms with E-state index in [0.29, 0.717) is 0 Å². The normalized spacial score (nSPS) is 12.9. The molecule has 0 bridgehead atoms. The summed E-state index contributed by atoms with van der Waals surface area (Å²) in [6.45, 7) is 2.25. The second kappa shape index (κ2) is 12.0. The van der Waals surface area contributed by atoms with Gasteiger partial charge in [0.2, 0.25) is 0 Å². The maximum absolute atomic E-state index is 2.69. The standard InChI is InChI=1S/C10H15.3ClH.V/c1-2-3-4-7-10-8-5-6-9-10;;;;/h5,8H,2-4,6-7H2,1H3;3*1H;. The molecule has 0 heterocycles. The SMILES string of the molecule is CCCCCC1=[C]([V])CC=C1.Cl.Cl.Cl. The zero-order valence-electron chi connectivity index (χ0n) is 8.36. The summed E-state index contributed by atoms with van der Waals surface area (Å²) in [6, 6.07) is 0. The molecule has 84 valence electrons. The molecule has 0 amide bonds. The molecule has 0 nitrogen and oxygen atoms in total. The van der Waals surface area contributed by atoms with Gasteiger partial charge in [-0.3, -0.25) is 0 Å². The summed E-state index contributed by atoms with van der Waals surface area (Å²) in [7, 11) is 0. The maximum atomic E-state index is 2.69. The van der Waals surface area contributed by atoms with Crippen LogP contribution in [0.4, 0.5) is 0 Å². The first-order valence-corrected chi connectivity index (χ1v) is 5.12. The van der Waals surface area contributed by atoms with Crippen LogP contribution in [0, 0.1) is 0 Å². The Morgan fingerprint density at radius 2 is 1.86 bits per heavy atom. The first-order valence-electron chi connectivity index (χ1n) is 4.42. The molecule has 0 saturated heterocycles. The molecule has 0 aromatic rings. The summed E-state index contributed by atoms with van der Waals surface area (Å²) in [6.07, 6.45) is 11.0. The quantitative estimate of drug-likeness (QED) is 0.665. The minimum absolute atomic E-state index is 0. The fourth-order valence-electron chi connectivity index (χ4n) is 1.33. The van der Waals surface area contributed by atoms with Gasteiger partial charge in [0, 0.05) is 0 Å². The van der Waals surface area contributed by atoms with Crippen LogP contribution in [0.2, 0.25) is 0 Å². The molecule has 0 spiro atoms. The monoisotopic (exact) mass is 294 g/mol. The van der Waals surface area contributed by atoms with Crippen LogP contribution in [0.25, 0.3) is 0 Å². The molecule has 0 saturated carbocycles. The summed E-state index contributed by atoms with van der Waals surface area (Å²) >= 11 is 2.69. The van der Waals surface area contributed by atoms with Gasteiger partial charge in [-0.1, -0.05) is 0 Å². The van der Waals surface area contributed by atoms with E-state index < -0.39 is 0 Å². The van der Waals surface area contributed by atoms with Crippen molar-refractivity contribution in [2.75, 3.05) is 0 Å². The minimum atomic E-state index is 0. The van der Waals surface area contributed by atoms with Crippen molar-refractivity contribution in [1.82, 2.24) is 0 Å². The number of allylic oxidation sites excluding steroid dienone is 4. The number of halogens is 3. The molecule has 0 radical (unpaired) electrons. The van der Waals surface area contributed by atoms with Crippen LogP contribution in [0.1, 0.15) is 39.0 Å². The zero-order chi connectivity index (χ0) is 8.10. The van der Waals surface area contributed by atoms with Gasteiger partial charge in [0.05, 0.1) is 0 Å². The third-order valence-corrected chi connectivity index (χ3v) is 2.78. The molecular formula is C10H18Cl3V. The Morgan fingerprint density at radius 1 is 1.21 bits per heavy atom. The fourth-order valence-corrected chi connectivity index (χ4v) is 1.79. The summed E-state index contributed by atoms with van der Waals surface area (Å²) in [5.74, 6) is 0. The Kier molecular flexibility index (Phi) is 17.5. The summed E-state index contributed by atoms with van der Waals surface area (Å²) in [5, 5.41) is 0. The van der Waals surface area contributed by atoms with Gasteiger partial charge < -0.3 is 0 Å². The van der Waals surface area contributed by atoms with Gasteiger partial charge in [-0.25, -0.2) is 0 Å². The van der Waals surface area contributed by atoms with Crippen molar-refractivity contribution >= 4 is 37.2 Å². The predicted octanol–water partition coefficient (Wildman–Crippen LogP) is 4.59. The summed E-state index contributed by atoms with van der Waals surface area (Å²) in [5.41, 5.74) is 1.57. The number of rotatable bonds is 4. The molecule has 0 aliphatic heterocycles. The molecule has 0 unspecified atom stereocenters. The van der Waals surface area contributed by atoms with Crippen molar-refractivity contribution in [3.05, 3.63) is 22.0 Å². The van der Waals surface area contributed by atoms with Crippen LogP contribution in [-0.4, -0.2) is 0 Å². The number of unbranched alkanes of at least 4 members (excludes halogenated alkanes) is 2. The van der Waals surface area contributed by atoms with Gasteiger partial charge in [-0.05, 0) is 0 Å². The first kappa shape index (κ1) is 20.4. The van der Waals surface area contributed by atoms with Crippen LogP contribution < -0.4 is 0 Å². The van der Waals surface area contributed by atoms with E-state index >= 15 is 0 Å². The van der Waals surface area contributed by atoms with E-state index in [2.05, 4.69) is 36.5 Å². The van der Waals surface area contributed by atoms with Crippen LogP contribution in [0.15, 0.2) is 22.0 Å². The maximum Gasteiger partial charge on any atom is -0.147 e. The molecule has 0 N–H and O–H groups in total. The minimum Gasteiger partial charge on any atom is -0.147 e. The van der Waals surface area contributed by atoms with Gasteiger partial charge in [0.25, 0.3) is 0 Å². The van der Waals surface area contributed by atoms with E-state index in [9.17, 15) is 0 Å². The van der Waals surface area contributed by atoms with Gasteiger partial charge in [0.1, 0.15) is 0 Å². The Bertz CT molecular complexity index is 188. The second-order valence-electron chi connectivity index (χ2n) is 3.04. The Labute approximate surface area is 115 Å². The van der Waals surface area contributed by atoms with E-state index in [4.69, 9.17) is 0 Å². The van der Waals surface area contributed by atoms with Crippen molar-refractivity contribution < 1.29 is 17.4 Å². The number of hydrogen-bond acceptors (Lipinski definition) is 0. The molecule has 0 atom stereocenters. The summed E-state index contributed by atoms with van der Waals surface area (Å²) in [4.78, 5) is 0. The molecule has 1 rings (SSSR count). The van der Waals surface area contributed by atoms with E-state index in [0.717, 1.165) is 0 Å². The molecular weight excluding hydrogens is 277 g/mol. The first-order chi connectivity index (χ1) is 5.34. The Hall–Kier alpha value is 0.934. The molecule has 0 aromatic carbocycles. The predicted molar refractivity (Wildman–Crippen MR) is 66.7 cm³/mol. The van der Waals surface area contributed by atoms with E-state index in [-0.39, 0.29) is 37.2 Å². The van der Waals surface area contributed by atoms with Crippen LogP contribution in [0.5, 0.6) is 0 Å². The molecule has 1 aliphatic rings. The molecule has 14 heavy (non-hydrogen) atoms. The average Bonchev–Trinajstić information content (AvgIpc) is 2.37. The third-order valence-electron chi connectivity index (χ3n) is 2.05. The van der Waals surface area contributed by atoms with Crippen LogP contribution in [0.3, 0.4) is 0 Å². The topological polar surface area (TPSA) is 0 Å². The van der Waals surface area contributed by atoms with Crippen molar-refractivity contribution in [2.45, 2.75) is 39.0 Å². The van der Waals surface area contributed by atoms with Crippen LogP contribution in [-0.2, 0) is 17.4 Å². The van der Waals surface area contributed by atoms with Crippen molar-refractivity contribution in [3.63, 3.8) is 0 Å². The van der Waals surface area contributed by atoms with Gasteiger partial charge in [-0.2, -0.15) is 0 Å². The van der Waals surface area contributed by atoms with Crippen molar-refractivity contribution in [2.24, 2.45) is 0 Å². The van der Waals surface area contributed by atoms with Gasteiger partial charge >= 0.3 is 78.5 Å². The third kappa shape index (κ3) is 7.26. The van der Waals surface area contributed by atoms with Gasteiger partial charge in [0.15, 0.2) is 0 Å². The molecule has 4 heteroatoms. The van der Waals surface area contributed by atoms with Gasteiger partial charge in [-0.15, -0.1) is 37.2 Å². The van der Waals surface area contributed by atoms with Crippen LogP contribution >= 0.6 is 37.2 Å². The Morgan fingerprint density at radius 3 is 2.29 bits per heavy atom. The molecule has 1 aliphatic carbocycles. The Balaban J connectivity index is -0.000000403. The van der Waals surface area contributed by atoms with E-state index in [1.54, 1.807) is 5.57 Å². The zero-order valence-corrected chi connectivity index (χ0v) is 12.2. The molecule has 0 fully saturated rings. The molecule has 0 aromatic heterocycles. The average molecular weight is 296 g/mol. The summed E-state index contributed by atoms with van der Waals surface area (Å²) < 4.78 is 1.52. The van der Waals surface area contributed by atoms with E-state index in [1.807, 2.05) is 0 Å². The fraction of sp³-hybridized carbons (Fsp3) is 0.600. The second-order valence-corrected chi connectivity index (χ2v) is 3.88.